The third kappa shape index (κ3) is 4.06. The van der Waals surface area contributed by atoms with Gasteiger partial charge in [-0.25, -0.2) is 9.97 Å². The van der Waals surface area contributed by atoms with Crippen molar-refractivity contribution in [3.63, 3.8) is 0 Å². The Kier molecular flexibility index (Phi) is 5.37. The van der Waals surface area contributed by atoms with Crippen molar-refractivity contribution in [1.82, 2.24) is 14.9 Å². The summed E-state index contributed by atoms with van der Waals surface area (Å²) in [5.41, 5.74) is 1.76. The maximum atomic E-state index is 12.8. The quantitative estimate of drug-likeness (QED) is 0.678. The number of carbonyl (C=O) groups excluding carboxylic acids is 1. The Morgan fingerprint density at radius 2 is 2.04 bits per heavy atom. The van der Waals surface area contributed by atoms with Crippen LogP contribution >= 0.6 is 0 Å². The Morgan fingerprint density at radius 1 is 1.18 bits per heavy atom. The minimum Gasteiger partial charge on any atom is -0.481 e. The molecular formula is C22H23N3O3. The Labute approximate surface area is 164 Å². The van der Waals surface area contributed by atoms with Gasteiger partial charge in [0.25, 0.3) is 5.91 Å². The van der Waals surface area contributed by atoms with Gasteiger partial charge in [-0.05, 0) is 24.5 Å². The van der Waals surface area contributed by atoms with E-state index in [2.05, 4.69) is 22.1 Å². The molecule has 6 nitrogen and oxygen atoms in total. The highest BCUT2D eigenvalue weighted by Crippen LogP contribution is 2.28. The molecule has 0 N–H and O–H groups in total. The van der Waals surface area contributed by atoms with Crippen LogP contribution in [0.4, 0.5) is 0 Å². The lowest BCUT2D eigenvalue weighted by molar-refractivity contribution is 0.0697. The number of aromatic nitrogens is 2. The van der Waals surface area contributed by atoms with Gasteiger partial charge in [-0.3, -0.25) is 4.79 Å². The van der Waals surface area contributed by atoms with E-state index in [9.17, 15) is 4.79 Å². The molecule has 0 spiro atoms. The van der Waals surface area contributed by atoms with Crippen molar-refractivity contribution in [3.05, 3.63) is 77.6 Å². The molecule has 0 saturated carbocycles. The number of oxazole rings is 1. The summed E-state index contributed by atoms with van der Waals surface area (Å²) in [4.78, 5) is 23.3. The lowest BCUT2D eigenvalue weighted by Crippen LogP contribution is -2.39. The zero-order valence-corrected chi connectivity index (χ0v) is 15.9. The Balaban J connectivity index is 1.42. The normalized spacial score (nSPS) is 16.8. The van der Waals surface area contributed by atoms with Crippen LogP contribution in [0.25, 0.3) is 0 Å². The number of methoxy groups -OCH3 is 1. The number of benzene rings is 1. The van der Waals surface area contributed by atoms with Gasteiger partial charge >= 0.3 is 0 Å². The highest BCUT2D eigenvalue weighted by atomic mass is 16.5. The van der Waals surface area contributed by atoms with E-state index in [1.807, 2.05) is 23.1 Å². The van der Waals surface area contributed by atoms with E-state index in [0.29, 0.717) is 18.0 Å². The van der Waals surface area contributed by atoms with Crippen LogP contribution in [0.5, 0.6) is 5.88 Å². The van der Waals surface area contributed by atoms with Crippen LogP contribution in [0.15, 0.2) is 59.3 Å². The van der Waals surface area contributed by atoms with Crippen molar-refractivity contribution < 1.29 is 13.9 Å². The summed E-state index contributed by atoms with van der Waals surface area (Å²) in [7, 11) is 1.56. The summed E-state index contributed by atoms with van der Waals surface area (Å²) in [5, 5.41) is 0. The summed E-state index contributed by atoms with van der Waals surface area (Å²) < 4.78 is 11.1. The number of piperidine rings is 1. The molecule has 0 bridgehead atoms. The number of carbonyl (C=O) groups is 1. The van der Waals surface area contributed by atoms with Crippen LogP contribution in [0.3, 0.4) is 0 Å². The molecule has 2 aromatic heterocycles. The number of pyridine rings is 1. The molecule has 1 aliphatic rings. The van der Waals surface area contributed by atoms with Crippen molar-refractivity contribution in [3.8, 4) is 5.88 Å². The third-order valence-electron chi connectivity index (χ3n) is 5.04. The standard InChI is InChI=1S/C22H23N3O3/c1-27-20-10-9-17(13-23-20)22(26)25-11-5-8-18(15-25)21-24-14-19(28-21)12-16-6-3-2-4-7-16/h2-4,6-7,9-10,13-14,18H,5,8,11-12,15H2,1H3/t18-/m0/s1. The number of rotatable bonds is 5. The van der Waals surface area contributed by atoms with Crippen molar-refractivity contribution in [2.75, 3.05) is 20.2 Å². The average molecular weight is 377 g/mol. The van der Waals surface area contributed by atoms with E-state index in [4.69, 9.17) is 9.15 Å². The van der Waals surface area contributed by atoms with Crippen molar-refractivity contribution in [2.45, 2.75) is 25.2 Å². The van der Waals surface area contributed by atoms with E-state index in [0.717, 1.165) is 37.5 Å². The Morgan fingerprint density at radius 3 is 2.79 bits per heavy atom. The molecule has 1 aromatic carbocycles. The van der Waals surface area contributed by atoms with E-state index < -0.39 is 0 Å². The SMILES string of the molecule is COc1ccc(C(=O)N2CCC[C@H](c3ncc(Cc4ccccc4)o3)C2)cn1. The second-order valence-electron chi connectivity index (χ2n) is 7.01. The van der Waals surface area contributed by atoms with E-state index in [-0.39, 0.29) is 11.8 Å². The predicted molar refractivity (Wildman–Crippen MR) is 104 cm³/mol. The molecule has 0 unspecified atom stereocenters. The summed E-state index contributed by atoms with van der Waals surface area (Å²) in [6.07, 6.45) is 5.98. The second-order valence-corrected chi connectivity index (χ2v) is 7.01. The zero-order valence-electron chi connectivity index (χ0n) is 15.9. The van der Waals surface area contributed by atoms with Crippen molar-refractivity contribution in [2.24, 2.45) is 0 Å². The molecule has 0 radical (unpaired) electrons. The predicted octanol–water partition coefficient (Wildman–Crippen LogP) is 3.69. The highest BCUT2D eigenvalue weighted by Gasteiger charge is 2.28. The summed E-state index contributed by atoms with van der Waals surface area (Å²) in [6.45, 7) is 1.34. The molecule has 3 heterocycles. The maximum absolute atomic E-state index is 12.8. The second kappa shape index (κ2) is 8.25. The summed E-state index contributed by atoms with van der Waals surface area (Å²) in [5.74, 6) is 2.17. The molecule has 4 rings (SSSR count). The van der Waals surface area contributed by atoms with Crippen molar-refractivity contribution in [1.29, 1.82) is 0 Å². The minimum atomic E-state index is -0.0177. The first-order valence-corrected chi connectivity index (χ1v) is 9.51. The van der Waals surface area contributed by atoms with Gasteiger partial charge in [-0.1, -0.05) is 30.3 Å². The first-order chi connectivity index (χ1) is 13.7. The van der Waals surface area contributed by atoms with Gasteiger partial charge in [0, 0.05) is 31.8 Å². The van der Waals surface area contributed by atoms with Gasteiger partial charge in [-0.2, -0.15) is 0 Å². The molecule has 1 amide bonds. The minimum absolute atomic E-state index is 0.0177. The summed E-state index contributed by atoms with van der Waals surface area (Å²) in [6, 6.07) is 13.6. The number of hydrogen-bond donors (Lipinski definition) is 0. The summed E-state index contributed by atoms with van der Waals surface area (Å²) >= 11 is 0. The smallest absolute Gasteiger partial charge is 0.255 e. The number of ether oxygens (including phenoxy) is 1. The molecule has 144 valence electrons. The van der Waals surface area contributed by atoms with Crippen LogP contribution in [-0.2, 0) is 6.42 Å². The van der Waals surface area contributed by atoms with Gasteiger partial charge in [-0.15, -0.1) is 0 Å². The third-order valence-corrected chi connectivity index (χ3v) is 5.04. The number of hydrogen-bond acceptors (Lipinski definition) is 5. The Hall–Kier alpha value is -3.15. The molecule has 1 atom stereocenters. The number of likely N-dealkylation sites (tertiary alicyclic amines) is 1. The molecule has 1 aliphatic heterocycles. The topological polar surface area (TPSA) is 68.5 Å². The molecule has 28 heavy (non-hydrogen) atoms. The van der Waals surface area contributed by atoms with Gasteiger partial charge in [0.2, 0.25) is 5.88 Å². The number of nitrogens with zero attached hydrogens (tertiary/aromatic N) is 3. The highest BCUT2D eigenvalue weighted by molar-refractivity contribution is 5.94. The van der Waals surface area contributed by atoms with E-state index >= 15 is 0 Å². The fraction of sp³-hybridized carbons (Fsp3) is 0.318. The van der Waals surface area contributed by atoms with Gasteiger partial charge in [0.05, 0.1) is 24.8 Å². The largest absolute Gasteiger partial charge is 0.481 e. The monoisotopic (exact) mass is 377 g/mol. The zero-order chi connectivity index (χ0) is 19.3. The van der Waals surface area contributed by atoms with Crippen LogP contribution < -0.4 is 4.74 Å². The number of amides is 1. The first-order valence-electron chi connectivity index (χ1n) is 9.51. The molecule has 6 heteroatoms. The van der Waals surface area contributed by atoms with Gasteiger partial charge < -0.3 is 14.1 Å². The van der Waals surface area contributed by atoms with E-state index in [1.54, 1.807) is 31.6 Å². The van der Waals surface area contributed by atoms with Crippen LogP contribution in [0.1, 0.15) is 46.3 Å². The Bertz CT molecular complexity index is 922. The van der Waals surface area contributed by atoms with Crippen LogP contribution in [-0.4, -0.2) is 41.0 Å². The fourth-order valence-corrected chi connectivity index (χ4v) is 3.56. The molecule has 1 saturated heterocycles. The van der Waals surface area contributed by atoms with Gasteiger partial charge in [0.1, 0.15) is 5.76 Å². The molecule has 0 aliphatic carbocycles. The first kappa shape index (κ1) is 18.2. The fourth-order valence-electron chi connectivity index (χ4n) is 3.56. The molecule has 3 aromatic rings. The lowest BCUT2D eigenvalue weighted by Gasteiger charge is -2.31. The molecule has 1 fully saturated rings. The van der Waals surface area contributed by atoms with Crippen LogP contribution in [0, 0.1) is 0 Å². The van der Waals surface area contributed by atoms with Crippen molar-refractivity contribution >= 4 is 5.91 Å². The average Bonchev–Trinajstić information content (AvgIpc) is 3.22. The lowest BCUT2D eigenvalue weighted by atomic mass is 9.97. The molecular weight excluding hydrogens is 354 g/mol. The van der Waals surface area contributed by atoms with E-state index in [1.165, 1.54) is 5.56 Å². The maximum Gasteiger partial charge on any atom is 0.255 e. The van der Waals surface area contributed by atoms with Gasteiger partial charge in [0.15, 0.2) is 5.89 Å². The van der Waals surface area contributed by atoms with Crippen LogP contribution in [0.2, 0.25) is 0 Å².